The number of nitriles is 1. The van der Waals surface area contributed by atoms with Crippen molar-refractivity contribution >= 4 is 33.2 Å². The molecule has 2 rings (SSSR count). The molecule has 0 saturated carbocycles. The highest BCUT2D eigenvalue weighted by Gasteiger charge is 2.03. The molecule has 0 aliphatic carbocycles. The van der Waals surface area contributed by atoms with E-state index in [0.717, 1.165) is 15.7 Å². The first-order valence-corrected chi connectivity index (χ1v) is 6.40. The number of hydrogen-bond donors (Lipinski definition) is 1. The van der Waals surface area contributed by atoms with Crippen molar-refractivity contribution in [3.8, 4) is 6.07 Å². The molecule has 1 N–H and O–H groups in total. The van der Waals surface area contributed by atoms with Crippen LogP contribution in [0.15, 0.2) is 41.0 Å². The number of aromatic nitrogens is 1. The Morgan fingerprint density at radius 2 is 2.22 bits per heavy atom. The van der Waals surface area contributed by atoms with Crippen molar-refractivity contribution in [2.75, 3.05) is 5.32 Å². The van der Waals surface area contributed by atoms with E-state index in [-0.39, 0.29) is 0 Å². The van der Waals surface area contributed by atoms with E-state index in [0.29, 0.717) is 17.3 Å². The predicted molar refractivity (Wildman–Crippen MR) is 75.4 cm³/mol. The summed E-state index contributed by atoms with van der Waals surface area (Å²) < 4.78 is 0.834. The Hall–Kier alpha value is -1.57. The lowest BCUT2D eigenvalue weighted by Gasteiger charge is -2.09. The van der Waals surface area contributed by atoms with Gasteiger partial charge in [0.1, 0.15) is 11.8 Å². The van der Waals surface area contributed by atoms with Gasteiger partial charge in [0.15, 0.2) is 0 Å². The van der Waals surface area contributed by atoms with E-state index < -0.39 is 0 Å². The van der Waals surface area contributed by atoms with E-state index in [2.05, 4.69) is 26.2 Å². The van der Waals surface area contributed by atoms with Gasteiger partial charge < -0.3 is 5.32 Å². The zero-order valence-corrected chi connectivity index (χ0v) is 11.7. The number of benzene rings is 1. The fourth-order valence-corrected chi connectivity index (χ4v) is 2.06. The first-order valence-electron chi connectivity index (χ1n) is 5.23. The van der Waals surface area contributed by atoms with Crippen molar-refractivity contribution in [1.82, 2.24) is 4.98 Å². The summed E-state index contributed by atoms with van der Waals surface area (Å²) in [4.78, 5) is 3.93. The fourth-order valence-electron chi connectivity index (χ4n) is 1.48. The second-order valence-corrected chi connectivity index (χ2v) is 4.82. The first-order chi connectivity index (χ1) is 8.70. The monoisotopic (exact) mass is 321 g/mol. The van der Waals surface area contributed by atoms with Gasteiger partial charge in [-0.2, -0.15) is 5.26 Å². The molecule has 90 valence electrons. The van der Waals surface area contributed by atoms with Gasteiger partial charge >= 0.3 is 0 Å². The Bertz CT molecular complexity index is 607. The van der Waals surface area contributed by atoms with Gasteiger partial charge in [-0.05, 0) is 45.8 Å². The molecule has 2 aromatic rings. The molecule has 0 atom stereocenters. The molecule has 0 fully saturated rings. The number of nitrogens with one attached hydrogen (secondary N) is 1. The third kappa shape index (κ3) is 3.00. The highest BCUT2D eigenvalue weighted by molar-refractivity contribution is 9.10. The highest BCUT2D eigenvalue weighted by Crippen LogP contribution is 2.30. The molecule has 0 aliphatic heterocycles. The Balaban J connectivity index is 2.12. The van der Waals surface area contributed by atoms with Gasteiger partial charge in [0.2, 0.25) is 0 Å². The van der Waals surface area contributed by atoms with Crippen molar-refractivity contribution in [3.05, 3.63) is 57.3 Å². The Kier molecular flexibility index (Phi) is 4.19. The number of rotatable bonds is 3. The Morgan fingerprint density at radius 3 is 3.00 bits per heavy atom. The van der Waals surface area contributed by atoms with Crippen LogP contribution in [0.2, 0.25) is 5.02 Å². The summed E-state index contributed by atoms with van der Waals surface area (Å²) in [5.41, 5.74) is 2.32. The minimum Gasteiger partial charge on any atom is -0.380 e. The Labute approximate surface area is 119 Å². The Morgan fingerprint density at radius 1 is 1.39 bits per heavy atom. The van der Waals surface area contributed by atoms with Crippen LogP contribution in [-0.2, 0) is 6.54 Å². The fraction of sp³-hybridized carbons (Fsp3) is 0.0769. The van der Waals surface area contributed by atoms with Crippen LogP contribution in [0.4, 0.5) is 5.69 Å². The molecule has 3 nitrogen and oxygen atoms in total. The van der Waals surface area contributed by atoms with Gasteiger partial charge in [-0.15, -0.1) is 0 Å². The minimum absolute atomic E-state index is 0.416. The van der Waals surface area contributed by atoms with Crippen molar-refractivity contribution < 1.29 is 0 Å². The van der Waals surface area contributed by atoms with Crippen LogP contribution in [-0.4, -0.2) is 4.98 Å². The van der Waals surface area contributed by atoms with Crippen LogP contribution in [0.5, 0.6) is 0 Å². The summed E-state index contributed by atoms with van der Waals surface area (Å²) in [5, 5.41) is 12.7. The minimum atomic E-state index is 0.416. The quantitative estimate of drug-likeness (QED) is 0.930. The lowest BCUT2D eigenvalue weighted by Crippen LogP contribution is -2.01. The summed E-state index contributed by atoms with van der Waals surface area (Å²) >= 11 is 9.43. The maximum absolute atomic E-state index is 8.77. The highest BCUT2D eigenvalue weighted by atomic mass is 79.9. The van der Waals surface area contributed by atoms with E-state index >= 15 is 0 Å². The second-order valence-electron chi connectivity index (χ2n) is 3.62. The molecule has 0 aliphatic rings. The molecule has 1 heterocycles. The average Bonchev–Trinajstić information content (AvgIpc) is 2.41. The van der Waals surface area contributed by atoms with Crippen molar-refractivity contribution in [2.45, 2.75) is 6.54 Å². The predicted octanol–water partition coefficient (Wildman–Crippen LogP) is 3.98. The molecule has 0 radical (unpaired) electrons. The largest absolute Gasteiger partial charge is 0.380 e. The molecular weight excluding hydrogens is 314 g/mol. The first kappa shape index (κ1) is 12.9. The van der Waals surface area contributed by atoms with Crippen molar-refractivity contribution in [2.24, 2.45) is 0 Å². The van der Waals surface area contributed by atoms with Gasteiger partial charge in [0, 0.05) is 12.7 Å². The standard InChI is InChI=1S/C13H9BrClN3/c14-13-11(15)2-1-3-12(13)18-8-9-4-5-17-10(6-9)7-16/h1-6,18H,8H2. The molecule has 0 saturated heterocycles. The maximum atomic E-state index is 8.77. The van der Waals surface area contributed by atoms with Crippen LogP contribution in [0, 0.1) is 11.3 Å². The van der Waals surface area contributed by atoms with E-state index in [1.54, 1.807) is 12.3 Å². The molecule has 0 bridgehead atoms. The maximum Gasteiger partial charge on any atom is 0.140 e. The summed E-state index contributed by atoms with van der Waals surface area (Å²) in [7, 11) is 0. The molecule has 0 unspecified atom stereocenters. The van der Waals surface area contributed by atoms with Crippen molar-refractivity contribution in [3.63, 3.8) is 0 Å². The number of hydrogen-bond acceptors (Lipinski definition) is 3. The van der Waals surface area contributed by atoms with Crippen LogP contribution in [0.25, 0.3) is 0 Å². The van der Waals surface area contributed by atoms with E-state index in [9.17, 15) is 0 Å². The number of anilines is 1. The summed E-state index contributed by atoms with van der Waals surface area (Å²) in [6.07, 6.45) is 1.63. The smallest absolute Gasteiger partial charge is 0.140 e. The van der Waals surface area contributed by atoms with Gasteiger partial charge in [-0.1, -0.05) is 17.7 Å². The molecular formula is C13H9BrClN3. The van der Waals surface area contributed by atoms with Gasteiger partial charge in [-0.3, -0.25) is 0 Å². The normalized spacial score (nSPS) is 9.83. The van der Waals surface area contributed by atoms with Crippen LogP contribution in [0.1, 0.15) is 11.3 Å². The van der Waals surface area contributed by atoms with E-state index in [4.69, 9.17) is 16.9 Å². The third-order valence-corrected chi connectivity index (χ3v) is 3.77. The molecule has 0 spiro atoms. The summed E-state index contributed by atoms with van der Waals surface area (Å²) in [5.74, 6) is 0. The zero-order valence-electron chi connectivity index (χ0n) is 9.32. The topological polar surface area (TPSA) is 48.7 Å². The second kappa shape index (κ2) is 5.85. The number of nitrogens with zero attached hydrogens (tertiary/aromatic N) is 2. The lowest BCUT2D eigenvalue weighted by atomic mass is 10.2. The third-order valence-electron chi connectivity index (χ3n) is 2.37. The lowest BCUT2D eigenvalue weighted by molar-refractivity contribution is 1.11. The van der Waals surface area contributed by atoms with Gasteiger partial charge in [-0.25, -0.2) is 4.98 Å². The summed E-state index contributed by atoms with van der Waals surface area (Å²) in [6, 6.07) is 11.3. The van der Waals surface area contributed by atoms with E-state index in [1.807, 2.05) is 30.3 Å². The number of pyridine rings is 1. The molecule has 5 heteroatoms. The van der Waals surface area contributed by atoms with Crippen LogP contribution < -0.4 is 5.32 Å². The molecule has 0 amide bonds. The van der Waals surface area contributed by atoms with Gasteiger partial charge in [0.25, 0.3) is 0 Å². The number of halogens is 2. The molecule has 1 aromatic heterocycles. The SMILES string of the molecule is N#Cc1cc(CNc2cccc(Cl)c2Br)ccn1. The van der Waals surface area contributed by atoms with Crippen LogP contribution >= 0.6 is 27.5 Å². The average molecular weight is 323 g/mol. The van der Waals surface area contributed by atoms with Crippen molar-refractivity contribution in [1.29, 1.82) is 5.26 Å². The zero-order chi connectivity index (χ0) is 13.0. The molecule has 1 aromatic carbocycles. The molecule has 18 heavy (non-hydrogen) atoms. The van der Waals surface area contributed by atoms with Gasteiger partial charge in [0.05, 0.1) is 15.2 Å². The van der Waals surface area contributed by atoms with E-state index in [1.165, 1.54) is 0 Å². The van der Waals surface area contributed by atoms with Crippen LogP contribution in [0.3, 0.4) is 0 Å². The summed E-state index contributed by atoms with van der Waals surface area (Å²) in [6.45, 7) is 0.607.